The third-order valence-corrected chi connectivity index (χ3v) is 7.18. The van der Waals surface area contributed by atoms with Gasteiger partial charge in [0, 0.05) is 41.6 Å². The third-order valence-electron chi connectivity index (χ3n) is 5.00. The summed E-state index contributed by atoms with van der Waals surface area (Å²) in [5.74, 6) is 5.34. The van der Waals surface area contributed by atoms with Crippen LogP contribution in [0.3, 0.4) is 0 Å². The molecule has 2 aromatic carbocycles. The van der Waals surface area contributed by atoms with Crippen LogP contribution in [0.4, 0.5) is 0 Å². The summed E-state index contributed by atoms with van der Waals surface area (Å²) >= 11 is 9.19. The maximum absolute atomic E-state index is 12.5. The lowest BCUT2D eigenvalue weighted by molar-refractivity contribution is -0.121. The maximum Gasteiger partial charge on any atom is 0.239 e. The van der Waals surface area contributed by atoms with Gasteiger partial charge >= 0.3 is 0 Å². The van der Waals surface area contributed by atoms with Crippen molar-refractivity contribution in [1.29, 1.82) is 0 Å². The highest BCUT2D eigenvalue weighted by molar-refractivity contribution is 7.98. The number of hydrogen-bond donors (Lipinski definition) is 1. The lowest BCUT2D eigenvalue weighted by Gasteiger charge is -2.19. The lowest BCUT2D eigenvalue weighted by Crippen LogP contribution is -2.36. The molecular weight excluding hydrogens is 512 g/mol. The number of carbonyl (C=O) groups is 1. The number of benzene rings is 2. The Hall–Kier alpha value is -2.48. The van der Waals surface area contributed by atoms with Crippen LogP contribution in [0.1, 0.15) is 11.1 Å². The summed E-state index contributed by atoms with van der Waals surface area (Å²) in [6.07, 6.45) is 9.36. The molecule has 194 valence electrons. The van der Waals surface area contributed by atoms with Crippen molar-refractivity contribution >= 4 is 41.0 Å². The predicted molar refractivity (Wildman–Crippen MR) is 156 cm³/mol. The van der Waals surface area contributed by atoms with Crippen LogP contribution < -0.4 is 14.8 Å². The SMILES string of the molecule is COc1ccc(CSCCNC(=O)CN(/C=C/C=C/C=C/Cl)CCSCc2ccc(OC)cc2)cc1. The molecule has 1 amide bonds. The molecule has 0 aromatic heterocycles. The minimum absolute atomic E-state index is 0.0227. The van der Waals surface area contributed by atoms with Gasteiger partial charge in [-0.3, -0.25) is 4.79 Å². The zero-order valence-corrected chi connectivity index (χ0v) is 23.3. The minimum atomic E-state index is 0.0227. The predicted octanol–water partition coefficient (Wildman–Crippen LogP) is 6.11. The molecule has 2 aromatic rings. The summed E-state index contributed by atoms with van der Waals surface area (Å²) in [6, 6.07) is 16.2. The zero-order chi connectivity index (χ0) is 25.8. The highest BCUT2D eigenvalue weighted by Gasteiger charge is 2.07. The summed E-state index contributed by atoms with van der Waals surface area (Å²) in [4.78, 5) is 14.6. The molecule has 1 N–H and O–H groups in total. The Balaban J connectivity index is 1.72. The van der Waals surface area contributed by atoms with Crippen molar-refractivity contribution in [2.45, 2.75) is 11.5 Å². The molecule has 2 rings (SSSR count). The second kappa shape index (κ2) is 18.7. The first-order chi connectivity index (χ1) is 17.6. The average Bonchev–Trinajstić information content (AvgIpc) is 2.91. The van der Waals surface area contributed by atoms with E-state index in [0.717, 1.165) is 41.1 Å². The maximum atomic E-state index is 12.5. The number of rotatable bonds is 17. The van der Waals surface area contributed by atoms with E-state index in [2.05, 4.69) is 29.6 Å². The van der Waals surface area contributed by atoms with Crippen molar-refractivity contribution in [3.05, 3.63) is 95.7 Å². The third kappa shape index (κ3) is 13.0. The number of allylic oxidation sites excluding steroid dienone is 4. The van der Waals surface area contributed by atoms with Gasteiger partial charge in [0.15, 0.2) is 0 Å². The molecule has 0 saturated carbocycles. The zero-order valence-electron chi connectivity index (χ0n) is 20.9. The molecule has 0 saturated heterocycles. The van der Waals surface area contributed by atoms with E-state index in [1.807, 2.05) is 65.4 Å². The van der Waals surface area contributed by atoms with Gasteiger partial charge in [0.1, 0.15) is 11.5 Å². The van der Waals surface area contributed by atoms with Crippen molar-refractivity contribution in [2.75, 3.05) is 45.4 Å². The van der Waals surface area contributed by atoms with E-state index in [9.17, 15) is 4.79 Å². The molecule has 0 spiro atoms. The van der Waals surface area contributed by atoms with Gasteiger partial charge in [-0.2, -0.15) is 23.5 Å². The first-order valence-electron chi connectivity index (χ1n) is 11.7. The molecule has 0 unspecified atom stereocenters. The summed E-state index contributed by atoms with van der Waals surface area (Å²) in [5.41, 5.74) is 3.95. The first kappa shape index (κ1) is 29.7. The number of methoxy groups -OCH3 is 2. The van der Waals surface area contributed by atoms with Crippen molar-refractivity contribution in [3.63, 3.8) is 0 Å². The van der Waals surface area contributed by atoms with Gasteiger partial charge in [-0.05, 0) is 47.7 Å². The van der Waals surface area contributed by atoms with Gasteiger partial charge in [-0.15, -0.1) is 0 Å². The highest BCUT2D eigenvalue weighted by Crippen LogP contribution is 2.17. The fourth-order valence-corrected chi connectivity index (χ4v) is 4.90. The van der Waals surface area contributed by atoms with Crippen LogP contribution >= 0.6 is 35.1 Å². The van der Waals surface area contributed by atoms with Crippen molar-refractivity contribution < 1.29 is 14.3 Å². The number of carbonyl (C=O) groups excluding carboxylic acids is 1. The molecule has 0 bridgehead atoms. The van der Waals surface area contributed by atoms with Crippen molar-refractivity contribution in [3.8, 4) is 11.5 Å². The monoisotopic (exact) mass is 546 g/mol. The van der Waals surface area contributed by atoms with E-state index in [1.165, 1.54) is 16.7 Å². The Labute approximate surface area is 229 Å². The molecule has 5 nitrogen and oxygen atoms in total. The lowest BCUT2D eigenvalue weighted by atomic mass is 10.2. The molecule has 0 aliphatic carbocycles. The Bertz CT molecular complexity index is 964. The van der Waals surface area contributed by atoms with E-state index >= 15 is 0 Å². The highest BCUT2D eigenvalue weighted by atomic mass is 35.5. The van der Waals surface area contributed by atoms with Crippen molar-refractivity contribution in [2.24, 2.45) is 0 Å². The molecule has 0 atom stereocenters. The van der Waals surface area contributed by atoms with Crippen LogP contribution in [0.2, 0.25) is 0 Å². The van der Waals surface area contributed by atoms with Gasteiger partial charge in [0.25, 0.3) is 0 Å². The second-order valence-corrected chi connectivity index (χ2v) is 10.1. The fourth-order valence-electron chi connectivity index (χ4n) is 3.06. The number of nitrogens with one attached hydrogen (secondary N) is 1. The number of hydrogen-bond acceptors (Lipinski definition) is 6. The standard InChI is InChI=1S/C28H35ClN2O3S2/c1-33-26-11-7-24(8-12-26)22-35-19-16-30-28(32)21-31(17-6-4-3-5-15-29)18-20-36-23-25-9-13-27(34-2)14-10-25/h3-15,17H,16,18-23H2,1-2H3,(H,30,32)/b4-3+,15-5+,17-6+. The Morgan fingerprint density at radius 2 is 1.42 bits per heavy atom. The summed E-state index contributed by atoms with van der Waals surface area (Å²) in [6.45, 7) is 1.74. The Morgan fingerprint density at radius 3 is 1.97 bits per heavy atom. The van der Waals surface area contributed by atoms with Gasteiger partial charge in [0.05, 0.1) is 20.8 Å². The van der Waals surface area contributed by atoms with Crippen LogP contribution in [-0.2, 0) is 16.3 Å². The topological polar surface area (TPSA) is 50.8 Å². The average molecular weight is 547 g/mol. The molecule has 0 aliphatic rings. The minimum Gasteiger partial charge on any atom is -0.497 e. The molecule has 36 heavy (non-hydrogen) atoms. The molecule has 0 radical (unpaired) electrons. The Morgan fingerprint density at radius 1 is 0.861 bits per heavy atom. The molecule has 0 heterocycles. The van der Waals surface area contributed by atoms with Gasteiger partial charge in [0.2, 0.25) is 5.91 Å². The molecule has 0 fully saturated rings. The van der Waals surface area contributed by atoms with Gasteiger partial charge in [-0.1, -0.05) is 54.1 Å². The van der Waals surface area contributed by atoms with Crippen molar-refractivity contribution in [1.82, 2.24) is 10.2 Å². The van der Waals surface area contributed by atoms with E-state index in [1.54, 1.807) is 32.1 Å². The number of ether oxygens (including phenoxy) is 2. The normalized spacial score (nSPS) is 11.4. The number of nitrogens with zero attached hydrogens (tertiary/aromatic N) is 1. The second-order valence-electron chi connectivity index (χ2n) is 7.67. The van der Waals surface area contributed by atoms with Crippen LogP contribution in [0.15, 0.2) is 84.6 Å². The van der Waals surface area contributed by atoms with Gasteiger partial charge in [-0.25, -0.2) is 0 Å². The largest absolute Gasteiger partial charge is 0.497 e. The van der Waals surface area contributed by atoms with Crippen LogP contribution in [0.5, 0.6) is 11.5 Å². The number of halogens is 1. The van der Waals surface area contributed by atoms with E-state index in [4.69, 9.17) is 21.1 Å². The van der Waals surface area contributed by atoms with E-state index in [-0.39, 0.29) is 5.91 Å². The first-order valence-corrected chi connectivity index (χ1v) is 14.4. The van der Waals surface area contributed by atoms with Crippen LogP contribution in [0, 0.1) is 0 Å². The van der Waals surface area contributed by atoms with E-state index in [0.29, 0.717) is 13.1 Å². The van der Waals surface area contributed by atoms with E-state index < -0.39 is 0 Å². The summed E-state index contributed by atoms with van der Waals surface area (Å²) in [5, 5.41) is 3.03. The smallest absolute Gasteiger partial charge is 0.239 e. The molecular formula is C28H35ClN2O3S2. The van der Waals surface area contributed by atoms with Crippen LogP contribution in [0.25, 0.3) is 0 Å². The van der Waals surface area contributed by atoms with Gasteiger partial charge < -0.3 is 19.7 Å². The number of amides is 1. The summed E-state index contributed by atoms with van der Waals surface area (Å²) < 4.78 is 10.4. The molecule has 0 aliphatic heterocycles. The molecule has 8 heteroatoms. The van der Waals surface area contributed by atoms with Crippen LogP contribution in [-0.4, -0.2) is 56.2 Å². The quantitative estimate of drug-likeness (QED) is 0.191. The summed E-state index contributed by atoms with van der Waals surface area (Å²) in [7, 11) is 3.34. The number of thioether (sulfide) groups is 2. The Kier molecular flexibility index (Phi) is 15.5. The fraction of sp³-hybridized carbons (Fsp3) is 0.321.